The van der Waals surface area contributed by atoms with Gasteiger partial charge in [0.25, 0.3) is 0 Å². The molecule has 2 aliphatic heterocycles. The lowest BCUT2D eigenvalue weighted by Gasteiger charge is -2.37. The second-order valence-corrected chi connectivity index (χ2v) is 10.2. The zero-order chi connectivity index (χ0) is 18.9. The maximum atomic E-state index is 13.0. The van der Waals surface area contributed by atoms with E-state index in [-0.39, 0.29) is 29.5 Å². The summed E-state index contributed by atoms with van der Waals surface area (Å²) in [5.41, 5.74) is 0.482. The summed E-state index contributed by atoms with van der Waals surface area (Å²) in [6, 6.07) is 9.24. The van der Waals surface area contributed by atoms with Crippen molar-refractivity contribution in [3.05, 3.63) is 35.9 Å². The Hall–Kier alpha value is -1.44. The quantitative estimate of drug-likeness (QED) is 0.801. The molecule has 1 aromatic rings. The van der Waals surface area contributed by atoms with Gasteiger partial charge in [0, 0.05) is 38.3 Å². The number of rotatable bonds is 6. The van der Waals surface area contributed by atoms with E-state index in [1.165, 1.54) is 12.8 Å². The maximum Gasteiger partial charge on any atom is 0.225 e. The summed E-state index contributed by atoms with van der Waals surface area (Å²) in [5, 5.41) is 3.08. The molecule has 6 nitrogen and oxygen atoms in total. The fourth-order valence-electron chi connectivity index (χ4n) is 4.35. The van der Waals surface area contributed by atoms with Crippen molar-refractivity contribution in [1.82, 2.24) is 9.62 Å². The number of carbonyl (C=O) groups is 1. The molecule has 2 heterocycles. The molecule has 1 saturated carbocycles. The third-order valence-electron chi connectivity index (χ3n) is 6.27. The number of hydrogen-bond acceptors (Lipinski definition) is 4. The van der Waals surface area contributed by atoms with Crippen LogP contribution in [0.15, 0.2) is 30.3 Å². The van der Waals surface area contributed by atoms with E-state index in [0.717, 1.165) is 24.9 Å². The SMILES string of the molecule is O=C(NCC1CC1)[C@H]1CN(S(=O)(=O)Cc2ccccc2)CC12CCOCC2. The molecule has 3 fully saturated rings. The van der Waals surface area contributed by atoms with Crippen molar-refractivity contribution in [2.24, 2.45) is 17.3 Å². The van der Waals surface area contributed by atoms with Gasteiger partial charge in [-0.05, 0) is 37.2 Å². The number of sulfonamides is 1. The van der Waals surface area contributed by atoms with E-state index in [0.29, 0.717) is 25.7 Å². The average Bonchev–Trinajstić information content (AvgIpc) is 3.42. The number of hydrogen-bond donors (Lipinski definition) is 1. The zero-order valence-corrected chi connectivity index (χ0v) is 16.4. The minimum absolute atomic E-state index is 0.0150. The van der Waals surface area contributed by atoms with E-state index in [2.05, 4.69) is 5.32 Å². The first kappa shape index (κ1) is 18.9. The lowest BCUT2D eigenvalue weighted by molar-refractivity contribution is -0.129. The summed E-state index contributed by atoms with van der Waals surface area (Å²) in [4.78, 5) is 12.9. The van der Waals surface area contributed by atoms with Gasteiger partial charge in [0.15, 0.2) is 0 Å². The Balaban J connectivity index is 1.51. The summed E-state index contributed by atoms with van der Waals surface area (Å²) < 4.78 is 33.1. The Morgan fingerprint density at radius 3 is 2.56 bits per heavy atom. The van der Waals surface area contributed by atoms with Gasteiger partial charge in [-0.15, -0.1) is 0 Å². The van der Waals surface area contributed by atoms with Crippen LogP contribution >= 0.6 is 0 Å². The van der Waals surface area contributed by atoms with Crippen molar-refractivity contribution in [3.63, 3.8) is 0 Å². The maximum absolute atomic E-state index is 13.0. The Bertz CT molecular complexity index is 770. The number of carbonyl (C=O) groups excluding carboxylic acids is 1. The summed E-state index contributed by atoms with van der Waals surface area (Å²) in [6.07, 6.45) is 3.85. The first-order valence-electron chi connectivity index (χ1n) is 9.86. The monoisotopic (exact) mass is 392 g/mol. The fraction of sp³-hybridized carbons (Fsp3) is 0.650. The molecule has 1 atom stereocenters. The molecule has 2 saturated heterocycles. The van der Waals surface area contributed by atoms with Crippen molar-refractivity contribution in [1.29, 1.82) is 0 Å². The molecule has 1 aliphatic carbocycles. The Morgan fingerprint density at radius 2 is 1.89 bits per heavy atom. The molecule has 3 aliphatic rings. The van der Waals surface area contributed by atoms with Crippen LogP contribution in [0, 0.1) is 17.3 Å². The number of ether oxygens (including phenoxy) is 1. The van der Waals surface area contributed by atoms with Crippen molar-refractivity contribution < 1.29 is 17.9 Å². The number of benzene rings is 1. The topological polar surface area (TPSA) is 75.7 Å². The minimum Gasteiger partial charge on any atom is -0.381 e. The second-order valence-electron chi connectivity index (χ2n) is 8.25. The van der Waals surface area contributed by atoms with Crippen molar-refractivity contribution in [3.8, 4) is 0 Å². The van der Waals surface area contributed by atoms with E-state index in [4.69, 9.17) is 4.74 Å². The molecule has 0 aromatic heterocycles. The van der Waals surface area contributed by atoms with Crippen LogP contribution in [0.1, 0.15) is 31.2 Å². The molecule has 0 bridgehead atoms. The highest BCUT2D eigenvalue weighted by molar-refractivity contribution is 7.88. The zero-order valence-electron chi connectivity index (χ0n) is 15.6. The highest BCUT2D eigenvalue weighted by Gasteiger charge is 2.53. The summed E-state index contributed by atoms with van der Waals surface area (Å²) in [5.74, 6) is 0.322. The standard InChI is InChI=1S/C20H28N2O4S/c23-19(21-12-16-6-7-16)18-13-22(15-20(18)8-10-26-11-9-20)27(24,25)14-17-4-2-1-3-5-17/h1-5,16,18H,6-15H2,(H,21,23)/t18-/m1/s1. The van der Waals surface area contributed by atoms with Crippen molar-refractivity contribution >= 4 is 15.9 Å². The first-order chi connectivity index (χ1) is 13.0. The molecule has 1 N–H and O–H groups in total. The Labute approximate surface area is 161 Å². The molecule has 148 valence electrons. The third kappa shape index (κ3) is 4.20. The lowest BCUT2D eigenvalue weighted by Crippen LogP contribution is -2.44. The van der Waals surface area contributed by atoms with Crippen molar-refractivity contribution in [2.45, 2.75) is 31.4 Å². The van der Waals surface area contributed by atoms with Crippen molar-refractivity contribution in [2.75, 3.05) is 32.8 Å². The Kier molecular flexibility index (Phi) is 5.27. The smallest absolute Gasteiger partial charge is 0.225 e. The lowest BCUT2D eigenvalue weighted by atomic mass is 9.72. The molecular weight excluding hydrogens is 364 g/mol. The van der Waals surface area contributed by atoms with Gasteiger partial charge < -0.3 is 10.1 Å². The van der Waals surface area contributed by atoms with Crippen LogP contribution in [0.2, 0.25) is 0 Å². The highest BCUT2D eigenvalue weighted by atomic mass is 32.2. The van der Waals surface area contributed by atoms with Gasteiger partial charge in [0.1, 0.15) is 0 Å². The van der Waals surface area contributed by atoms with E-state index in [1.54, 1.807) is 4.31 Å². The minimum atomic E-state index is -3.46. The van der Waals surface area contributed by atoms with Gasteiger partial charge in [-0.3, -0.25) is 4.79 Å². The fourth-order valence-corrected chi connectivity index (χ4v) is 5.97. The molecule has 27 heavy (non-hydrogen) atoms. The molecule has 0 radical (unpaired) electrons. The van der Waals surface area contributed by atoms with E-state index in [1.807, 2.05) is 30.3 Å². The molecule has 4 rings (SSSR count). The third-order valence-corrected chi connectivity index (χ3v) is 8.03. The van der Waals surface area contributed by atoms with Crippen LogP contribution in [0.5, 0.6) is 0 Å². The number of nitrogens with zero attached hydrogens (tertiary/aromatic N) is 1. The number of amides is 1. The summed E-state index contributed by atoms with van der Waals surface area (Å²) in [7, 11) is -3.46. The second kappa shape index (κ2) is 7.53. The normalized spacial score (nSPS) is 25.6. The van der Waals surface area contributed by atoms with Gasteiger partial charge >= 0.3 is 0 Å². The van der Waals surface area contributed by atoms with Crippen LogP contribution in [-0.2, 0) is 25.3 Å². The summed E-state index contributed by atoms with van der Waals surface area (Å²) in [6.45, 7) is 2.62. The van der Waals surface area contributed by atoms with E-state index >= 15 is 0 Å². The van der Waals surface area contributed by atoms with Crippen LogP contribution in [0.3, 0.4) is 0 Å². The molecule has 0 unspecified atom stereocenters. The predicted octanol–water partition coefficient (Wildman–Crippen LogP) is 1.77. The molecule has 7 heteroatoms. The predicted molar refractivity (Wildman–Crippen MR) is 102 cm³/mol. The van der Waals surface area contributed by atoms with Crippen LogP contribution in [0.25, 0.3) is 0 Å². The van der Waals surface area contributed by atoms with Gasteiger partial charge in [-0.25, -0.2) is 12.7 Å². The van der Waals surface area contributed by atoms with Crippen LogP contribution in [-0.4, -0.2) is 51.5 Å². The summed E-state index contributed by atoms with van der Waals surface area (Å²) >= 11 is 0. The number of nitrogens with one attached hydrogen (secondary N) is 1. The first-order valence-corrected chi connectivity index (χ1v) is 11.5. The van der Waals surface area contributed by atoms with Crippen LogP contribution < -0.4 is 5.32 Å². The van der Waals surface area contributed by atoms with E-state index < -0.39 is 10.0 Å². The average molecular weight is 393 g/mol. The van der Waals surface area contributed by atoms with Gasteiger partial charge in [0.2, 0.25) is 15.9 Å². The molecule has 1 aromatic carbocycles. The molecule has 1 spiro atoms. The van der Waals surface area contributed by atoms with Gasteiger partial charge in [-0.1, -0.05) is 30.3 Å². The largest absolute Gasteiger partial charge is 0.381 e. The van der Waals surface area contributed by atoms with Crippen LogP contribution in [0.4, 0.5) is 0 Å². The highest BCUT2D eigenvalue weighted by Crippen LogP contribution is 2.45. The van der Waals surface area contributed by atoms with Gasteiger partial charge in [0.05, 0.1) is 11.7 Å². The molecular formula is C20H28N2O4S. The van der Waals surface area contributed by atoms with Gasteiger partial charge in [-0.2, -0.15) is 0 Å². The van der Waals surface area contributed by atoms with E-state index in [9.17, 15) is 13.2 Å². The Morgan fingerprint density at radius 1 is 1.19 bits per heavy atom. The molecule has 1 amide bonds.